The van der Waals surface area contributed by atoms with E-state index < -0.39 is 0 Å². The maximum absolute atomic E-state index is 11.7. The lowest BCUT2D eigenvalue weighted by Crippen LogP contribution is -2.38. The monoisotopic (exact) mass is 431 g/mol. The second kappa shape index (κ2) is 8.27. The molecule has 2 aromatic rings. The second-order valence-corrected chi connectivity index (χ2v) is 9.34. The summed E-state index contributed by atoms with van der Waals surface area (Å²) in [5, 5.41) is 1.42. The molecule has 0 radical (unpaired) electrons. The van der Waals surface area contributed by atoms with Gasteiger partial charge >= 0.3 is 0 Å². The highest BCUT2D eigenvalue weighted by Gasteiger charge is 2.31. The summed E-state index contributed by atoms with van der Waals surface area (Å²) >= 11 is 12.8. The molecule has 0 bridgehead atoms. The van der Waals surface area contributed by atoms with E-state index in [0.29, 0.717) is 5.02 Å². The molecule has 4 rings (SSSR count). The van der Waals surface area contributed by atoms with Gasteiger partial charge in [0.2, 0.25) is 5.91 Å². The summed E-state index contributed by atoms with van der Waals surface area (Å²) < 4.78 is 0. The number of nitrogens with zero attached hydrogens (tertiary/aromatic N) is 2. The van der Waals surface area contributed by atoms with Crippen molar-refractivity contribution in [1.29, 1.82) is 0 Å². The van der Waals surface area contributed by atoms with E-state index in [2.05, 4.69) is 54.2 Å². The van der Waals surface area contributed by atoms with Crippen molar-refractivity contribution in [3.8, 4) is 0 Å². The zero-order chi connectivity index (χ0) is 20.7. The molecule has 3 atom stereocenters. The molecular weight excluding hydrogens is 405 g/mol. The minimum atomic E-state index is -0.185. The number of fused-ring (bicyclic) bond motifs is 1. The maximum atomic E-state index is 11.7. The van der Waals surface area contributed by atoms with Gasteiger partial charge in [0.25, 0.3) is 0 Å². The summed E-state index contributed by atoms with van der Waals surface area (Å²) in [5.41, 5.74) is 10.4. The molecule has 1 amide bonds. The van der Waals surface area contributed by atoms with Crippen LogP contribution in [0.1, 0.15) is 47.1 Å². The normalized spacial score (nSPS) is 25.6. The SMILES string of the molecule is CN1Cc2c(Cl)cc(Cl)cc2C(c2ccc(C3CC(C(N)=O)CCN3C)cc2)C1. The molecule has 1 saturated heterocycles. The number of likely N-dealkylation sites (N-methyl/N-ethyl adjacent to an activating group) is 1. The van der Waals surface area contributed by atoms with Gasteiger partial charge in [-0.2, -0.15) is 0 Å². The Labute approximate surface area is 182 Å². The average molecular weight is 432 g/mol. The molecule has 0 aliphatic carbocycles. The van der Waals surface area contributed by atoms with Crippen molar-refractivity contribution in [2.45, 2.75) is 31.3 Å². The van der Waals surface area contributed by atoms with E-state index >= 15 is 0 Å². The van der Waals surface area contributed by atoms with Crippen LogP contribution in [0, 0.1) is 5.92 Å². The highest BCUT2D eigenvalue weighted by atomic mass is 35.5. The van der Waals surface area contributed by atoms with E-state index in [1.807, 2.05) is 6.07 Å². The number of primary amides is 1. The van der Waals surface area contributed by atoms with Crippen LogP contribution in [-0.4, -0.2) is 42.9 Å². The van der Waals surface area contributed by atoms with E-state index in [-0.39, 0.29) is 23.8 Å². The van der Waals surface area contributed by atoms with Gasteiger partial charge in [0.1, 0.15) is 0 Å². The molecule has 2 heterocycles. The predicted molar refractivity (Wildman–Crippen MR) is 118 cm³/mol. The zero-order valence-electron chi connectivity index (χ0n) is 16.9. The van der Waals surface area contributed by atoms with Gasteiger partial charge in [0.05, 0.1) is 0 Å². The number of nitrogens with two attached hydrogens (primary N) is 1. The third-order valence-electron chi connectivity index (χ3n) is 6.49. The quantitative estimate of drug-likeness (QED) is 0.780. The molecule has 3 unspecified atom stereocenters. The van der Waals surface area contributed by atoms with Crippen molar-refractivity contribution >= 4 is 29.1 Å². The van der Waals surface area contributed by atoms with E-state index in [4.69, 9.17) is 28.9 Å². The Hall–Kier alpha value is -1.59. The molecule has 1 fully saturated rings. The molecule has 2 aromatic carbocycles. The smallest absolute Gasteiger partial charge is 0.220 e. The second-order valence-electron chi connectivity index (χ2n) is 8.49. The first-order valence-corrected chi connectivity index (χ1v) is 10.8. The molecular formula is C23H27Cl2N3O. The molecule has 4 nitrogen and oxygen atoms in total. The number of piperidine rings is 1. The standard InChI is InChI=1S/C23H27Cl2N3O/c1-27-12-19(18-10-17(24)11-21(25)20(18)13-27)14-3-5-15(6-4-14)22-9-16(23(26)29)7-8-28(22)2/h3-6,10-11,16,19,22H,7-9,12-13H2,1-2H3,(H2,26,29). The van der Waals surface area contributed by atoms with Crippen molar-refractivity contribution in [2.24, 2.45) is 11.7 Å². The summed E-state index contributed by atoms with van der Waals surface area (Å²) in [5.74, 6) is 0.00538. The number of benzene rings is 2. The van der Waals surface area contributed by atoms with E-state index in [9.17, 15) is 4.79 Å². The van der Waals surface area contributed by atoms with Crippen LogP contribution >= 0.6 is 23.2 Å². The molecule has 0 saturated carbocycles. The Morgan fingerprint density at radius 1 is 1.10 bits per heavy atom. The Balaban J connectivity index is 1.63. The Morgan fingerprint density at radius 2 is 1.79 bits per heavy atom. The first-order valence-electron chi connectivity index (χ1n) is 10.1. The average Bonchev–Trinajstić information content (AvgIpc) is 2.68. The van der Waals surface area contributed by atoms with Gasteiger partial charge < -0.3 is 10.6 Å². The van der Waals surface area contributed by atoms with Crippen LogP contribution in [0.25, 0.3) is 0 Å². The van der Waals surface area contributed by atoms with Gasteiger partial charge in [-0.05, 0) is 67.9 Å². The van der Waals surface area contributed by atoms with E-state index in [0.717, 1.165) is 43.1 Å². The molecule has 2 N–H and O–H groups in total. The lowest BCUT2D eigenvalue weighted by molar-refractivity contribution is -0.123. The number of likely N-dealkylation sites (tertiary alicyclic amines) is 1. The molecule has 0 aromatic heterocycles. The van der Waals surface area contributed by atoms with Gasteiger partial charge in [-0.15, -0.1) is 0 Å². The molecule has 2 aliphatic rings. The largest absolute Gasteiger partial charge is 0.369 e. The zero-order valence-corrected chi connectivity index (χ0v) is 18.4. The van der Waals surface area contributed by atoms with Crippen LogP contribution in [0.15, 0.2) is 36.4 Å². The lowest BCUT2D eigenvalue weighted by atomic mass is 9.83. The van der Waals surface area contributed by atoms with E-state index in [1.165, 1.54) is 16.7 Å². The third-order valence-corrected chi connectivity index (χ3v) is 7.04. The van der Waals surface area contributed by atoms with Crippen molar-refractivity contribution in [1.82, 2.24) is 9.80 Å². The number of halogens is 2. The Morgan fingerprint density at radius 3 is 2.48 bits per heavy atom. The summed E-state index contributed by atoms with van der Waals surface area (Å²) in [7, 11) is 4.24. The molecule has 29 heavy (non-hydrogen) atoms. The van der Waals surface area contributed by atoms with Gasteiger partial charge in [-0.25, -0.2) is 0 Å². The summed E-state index contributed by atoms with van der Waals surface area (Å²) in [6.07, 6.45) is 1.62. The summed E-state index contributed by atoms with van der Waals surface area (Å²) in [4.78, 5) is 16.3. The first-order chi connectivity index (χ1) is 13.8. The predicted octanol–water partition coefficient (Wildman–Crippen LogP) is 4.44. The van der Waals surface area contributed by atoms with Crippen LogP contribution in [-0.2, 0) is 11.3 Å². The van der Waals surface area contributed by atoms with E-state index in [1.54, 1.807) is 0 Å². The number of carbonyl (C=O) groups is 1. The summed E-state index contributed by atoms with van der Waals surface area (Å²) in [6, 6.07) is 12.9. The topological polar surface area (TPSA) is 49.6 Å². The minimum Gasteiger partial charge on any atom is -0.369 e. The fourth-order valence-electron chi connectivity index (χ4n) is 4.81. The highest BCUT2D eigenvalue weighted by molar-refractivity contribution is 6.35. The van der Waals surface area contributed by atoms with Crippen molar-refractivity contribution < 1.29 is 4.79 Å². The molecule has 6 heteroatoms. The fraction of sp³-hybridized carbons (Fsp3) is 0.435. The maximum Gasteiger partial charge on any atom is 0.220 e. The summed E-state index contributed by atoms with van der Waals surface area (Å²) in [6.45, 7) is 2.65. The Kier molecular flexibility index (Phi) is 5.90. The van der Waals surface area contributed by atoms with Gasteiger partial charge in [0, 0.05) is 41.0 Å². The van der Waals surface area contributed by atoms with Crippen LogP contribution in [0.5, 0.6) is 0 Å². The number of hydrogen-bond donors (Lipinski definition) is 1. The van der Waals surface area contributed by atoms with Crippen LogP contribution in [0.4, 0.5) is 0 Å². The highest BCUT2D eigenvalue weighted by Crippen LogP contribution is 2.39. The van der Waals surface area contributed by atoms with Gasteiger partial charge in [0.15, 0.2) is 0 Å². The molecule has 154 valence electrons. The van der Waals surface area contributed by atoms with Crippen LogP contribution < -0.4 is 5.73 Å². The van der Waals surface area contributed by atoms with Crippen molar-refractivity contribution in [3.63, 3.8) is 0 Å². The molecule has 0 spiro atoms. The number of rotatable bonds is 3. The van der Waals surface area contributed by atoms with Gasteiger partial charge in [-0.1, -0.05) is 47.5 Å². The number of amides is 1. The minimum absolute atomic E-state index is 0.0426. The van der Waals surface area contributed by atoms with Crippen LogP contribution in [0.3, 0.4) is 0 Å². The van der Waals surface area contributed by atoms with Gasteiger partial charge in [-0.3, -0.25) is 9.69 Å². The van der Waals surface area contributed by atoms with Crippen molar-refractivity contribution in [3.05, 3.63) is 68.7 Å². The van der Waals surface area contributed by atoms with Crippen LogP contribution in [0.2, 0.25) is 10.0 Å². The first kappa shape index (κ1) is 20.7. The Bertz CT molecular complexity index is 915. The third kappa shape index (κ3) is 4.17. The molecule has 2 aliphatic heterocycles. The number of carbonyl (C=O) groups excluding carboxylic acids is 1. The fourth-order valence-corrected chi connectivity index (χ4v) is 5.38. The van der Waals surface area contributed by atoms with Crippen molar-refractivity contribution in [2.75, 3.05) is 27.2 Å². The lowest BCUT2D eigenvalue weighted by Gasteiger charge is -2.37. The number of hydrogen-bond acceptors (Lipinski definition) is 3.